The molecule has 2 N–H and O–H groups in total. The van der Waals surface area contributed by atoms with Gasteiger partial charge in [-0.1, -0.05) is 11.6 Å². The zero-order valence-corrected chi connectivity index (χ0v) is 10.8. The number of carbonyl (C=O) groups is 2. The number of carboxylic acid groups (broad SMARTS) is 1. The zero-order valence-electron chi connectivity index (χ0n) is 10.8. The van der Waals surface area contributed by atoms with Gasteiger partial charge in [0.05, 0.1) is 11.8 Å². The van der Waals surface area contributed by atoms with E-state index in [9.17, 15) is 9.59 Å². The van der Waals surface area contributed by atoms with E-state index in [-0.39, 0.29) is 5.91 Å². The SMILES string of the molecule is Cc1noc(CCNC(=O)C2CCCC2C(=O)O)n1. The van der Waals surface area contributed by atoms with Crippen LogP contribution in [0.25, 0.3) is 0 Å². The molecule has 0 spiro atoms. The van der Waals surface area contributed by atoms with Crippen LogP contribution < -0.4 is 5.32 Å². The van der Waals surface area contributed by atoms with Crippen LogP contribution in [0.15, 0.2) is 4.52 Å². The highest BCUT2D eigenvalue weighted by Crippen LogP contribution is 2.31. The number of amides is 1. The van der Waals surface area contributed by atoms with E-state index in [4.69, 9.17) is 9.63 Å². The predicted octanol–water partition coefficient (Wildman–Crippen LogP) is 0.538. The van der Waals surface area contributed by atoms with Crippen LogP contribution in [0.1, 0.15) is 31.0 Å². The fraction of sp³-hybridized carbons (Fsp3) is 0.667. The molecular formula is C12H17N3O4. The number of rotatable bonds is 5. The Morgan fingerprint density at radius 2 is 2.16 bits per heavy atom. The van der Waals surface area contributed by atoms with Gasteiger partial charge in [-0.2, -0.15) is 4.98 Å². The van der Waals surface area contributed by atoms with Gasteiger partial charge in [-0.25, -0.2) is 0 Å². The van der Waals surface area contributed by atoms with E-state index in [1.54, 1.807) is 6.92 Å². The Kier molecular flexibility index (Phi) is 4.13. The quantitative estimate of drug-likeness (QED) is 0.806. The fourth-order valence-corrected chi connectivity index (χ4v) is 2.43. The van der Waals surface area contributed by atoms with E-state index in [0.29, 0.717) is 37.5 Å². The molecule has 2 rings (SSSR count). The van der Waals surface area contributed by atoms with Gasteiger partial charge in [0.15, 0.2) is 5.82 Å². The van der Waals surface area contributed by atoms with Crippen LogP contribution in [0.3, 0.4) is 0 Å². The van der Waals surface area contributed by atoms with Crippen LogP contribution in [0.2, 0.25) is 0 Å². The highest BCUT2D eigenvalue weighted by atomic mass is 16.5. The van der Waals surface area contributed by atoms with E-state index in [1.165, 1.54) is 0 Å². The average molecular weight is 267 g/mol. The Morgan fingerprint density at radius 3 is 2.79 bits per heavy atom. The zero-order chi connectivity index (χ0) is 13.8. The lowest BCUT2D eigenvalue weighted by molar-refractivity contribution is -0.146. The molecule has 0 bridgehead atoms. The normalized spacial score (nSPS) is 22.4. The van der Waals surface area contributed by atoms with E-state index in [0.717, 1.165) is 6.42 Å². The Morgan fingerprint density at radius 1 is 1.42 bits per heavy atom. The standard InChI is InChI=1S/C12H17N3O4/c1-7-14-10(19-15-7)5-6-13-11(16)8-3-2-4-9(8)12(17)18/h8-9H,2-6H2,1H3,(H,13,16)(H,17,18). The van der Waals surface area contributed by atoms with Crippen molar-refractivity contribution in [3.05, 3.63) is 11.7 Å². The second kappa shape index (κ2) is 5.81. The van der Waals surface area contributed by atoms with Crippen molar-refractivity contribution in [1.82, 2.24) is 15.5 Å². The van der Waals surface area contributed by atoms with E-state index < -0.39 is 17.8 Å². The van der Waals surface area contributed by atoms with Crippen LogP contribution >= 0.6 is 0 Å². The lowest BCUT2D eigenvalue weighted by Gasteiger charge is -2.14. The molecule has 2 unspecified atom stereocenters. The largest absolute Gasteiger partial charge is 0.481 e. The minimum absolute atomic E-state index is 0.193. The van der Waals surface area contributed by atoms with Gasteiger partial charge in [-0.05, 0) is 19.8 Å². The smallest absolute Gasteiger partial charge is 0.307 e. The Balaban J connectivity index is 1.79. The van der Waals surface area contributed by atoms with Gasteiger partial charge in [-0.15, -0.1) is 0 Å². The molecule has 1 aromatic heterocycles. The van der Waals surface area contributed by atoms with Gasteiger partial charge in [-0.3, -0.25) is 9.59 Å². The topological polar surface area (TPSA) is 105 Å². The first kappa shape index (κ1) is 13.5. The highest BCUT2D eigenvalue weighted by Gasteiger charge is 2.37. The molecule has 7 nitrogen and oxygen atoms in total. The fourth-order valence-electron chi connectivity index (χ4n) is 2.43. The van der Waals surface area contributed by atoms with Gasteiger partial charge in [0, 0.05) is 13.0 Å². The number of nitrogens with zero attached hydrogens (tertiary/aromatic N) is 2. The molecule has 0 radical (unpaired) electrons. The van der Waals surface area contributed by atoms with E-state index in [1.807, 2.05) is 0 Å². The molecule has 1 heterocycles. The molecule has 0 aromatic carbocycles. The Hall–Kier alpha value is -1.92. The highest BCUT2D eigenvalue weighted by molar-refractivity contribution is 5.85. The van der Waals surface area contributed by atoms with Crippen molar-refractivity contribution in [1.29, 1.82) is 0 Å². The molecule has 1 aromatic rings. The summed E-state index contributed by atoms with van der Waals surface area (Å²) in [6.07, 6.45) is 2.47. The summed E-state index contributed by atoms with van der Waals surface area (Å²) >= 11 is 0. The van der Waals surface area contributed by atoms with Crippen LogP contribution in [0.4, 0.5) is 0 Å². The maximum atomic E-state index is 11.9. The minimum Gasteiger partial charge on any atom is -0.481 e. The van der Waals surface area contributed by atoms with Crippen LogP contribution in [0, 0.1) is 18.8 Å². The third kappa shape index (κ3) is 3.30. The summed E-state index contributed by atoms with van der Waals surface area (Å²) in [6, 6.07) is 0. The van der Waals surface area contributed by atoms with Gasteiger partial charge in [0.2, 0.25) is 11.8 Å². The second-order valence-electron chi connectivity index (χ2n) is 4.76. The molecule has 1 saturated carbocycles. The summed E-state index contributed by atoms with van der Waals surface area (Å²) in [5, 5.41) is 15.4. The van der Waals surface area contributed by atoms with E-state index in [2.05, 4.69) is 15.5 Å². The molecule has 7 heteroatoms. The molecule has 0 saturated heterocycles. The molecule has 1 aliphatic carbocycles. The first-order valence-electron chi connectivity index (χ1n) is 6.37. The van der Waals surface area contributed by atoms with Crippen LogP contribution in [0.5, 0.6) is 0 Å². The summed E-state index contributed by atoms with van der Waals surface area (Å²) in [7, 11) is 0. The number of carbonyl (C=O) groups excluding carboxylic acids is 1. The third-order valence-electron chi connectivity index (χ3n) is 3.38. The molecule has 2 atom stereocenters. The number of hydrogen-bond acceptors (Lipinski definition) is 5. The third-order valence-corrected chi connectivity index (χ3v) is 3.38. The molecule has 1 amide bonds. The monoisotopic (exact) mass is 267 g/mol. The minimum atomic E-state index is -0.884. The van der Waals surface area contributed by atoms with Gasteiger partial charge in [0.25, 0.3) is 0 Å². The molecule has 19 heavy (non-hydrogen) atoms. The molecule has 0 aliphatic heterocycles. The van der Waals surface area contributed by atoms with Crippen molar-refractivity contribution in [2.24, 2.45) is 11.8 Å². The summed E-state index contributed by atoms with van der Waals surface area (Å²) < 4.78 is 4.92. The maximum absolute atomic E-state index is 11.9. The number of nitrogens with one attached hydrogen (secondary N) is 1. The number of carboxylic acids is 1. The summed E-state index contributed by atoms with van der Waals surface area (Å²) in [5.74, 6) is -1.01. The summed E-state index contributed by atoms with van der Waals surface area (Å²) in [6.45, 7) is 2.10. The second-order valence-corrected chi connectivity index (χ2v) is 4.76. The van der Waals surface area contributed by atoms with Gasteiger partial charge >= 0.3 is 5.97 Å². The van der Waals surface area contributed by atoms with Crippen LogP contribution in [-0.2, 0) is 16.0 Å². The van der Waals surface area contributed by atoms with Crippen molar-refractivity contribution < 1.29 is 19.2 Å². The molecular weight excluding hydrogens is 250 g/mol. The number of aryl methyl sites for hydroxylation is 1. The number of aliphatic carboxylic acids is 1. The number of hydrogen-bond donors (Lipinski definition) is 2. The number of aromatic nitrogens is 2. The maximum Gasteiger partial charge on any atom is 0.307 e. The molecule has 1 fully saturated rings. The van der Waals surface area contributed by atoms with Crippen molar-refractivity contribution in [2.75, 3.05) is 6.54 Å². The van der Waals surface area contributed by atoms with E-state index >= 15 is 0 Å². The van der Waals surface area contributed by atoms with Crippen molar-refractivity contribution in [2.45, 2.75) is 32.6 Å². The first-order chi connectivity index (χ1) is 9.08. The predicted molar refractivity (Wildman–Crippen MR) is 64.2 cm³/mol. The lowest BCUT2D eigenvalue weighted by Crippen LogP contribution is -2.36. The average Bonchev–Trinajstić information content (AvgIpc) is 2.97. The lowest BCUT2D eigenvalue weighted by atomic mass is 9.95. The Labute approximate surface area is 110 Å². The Bertz CT molecular complexity index is 471. The van der Waals surface area contributed by atoms with Gasteiger partial charge < -0.3 is 14.9 Å². The summed E-state index contributed by atoms with van der Waals surface area (Å²) in [4.78, 5) is 26.9. The van der Waals surface area contributed by atoms with Crippen molar-refractivity contribution >= 4 is 11.9 Å². The van der Waals surface area contributed by atoms with Crippen LogP contribution in [-0.4, -0.2) is 33.7 Å². The van der Waals surface area contributed by atoms with Crippen molar-refractivity contribution in [3.8, 4) is 0 Å². The molecule has 104 valence electrons. The van der Waals surface area contributed by atoms with Crippen molar-refractivity contribution in [3.63, 3.8) is 0 Å². The first-order valence-corrected chi connectivity index (χ1v) is 6.37. The molecule has 1 aliphatic rings. The summed E-state index contributed by atoms with van der Waals surface area (Å²) in [5.41, 5.74) is 0. The van der Waals surface area contributed by atoms with Gasteiger partial charge in [0.1, 0.15) is 0 Å².